The van der Waals surface area contributed by atoms with Gasteiger partial charge >= 0.3 is 0 Å². The molecule has 1 fully saturated rings. The average molecular weight is 200 g/mol. The van der Waals surface area contributed by atoms with E-state index in [0.717, 1.165) is 6.42 Å². The Bertz CT molecular complexity index is 433. The van der Waals surface area contributed by atoms with Gasteiger partial charge in [0.2, 0.25) is 5.91 Å². The molecule has 3 heteroatoms. The van der Waals surface area contributed by atoms with Gasteiger partial charge in [-0.2, -0.15) is 5.26 Å². The van der Waals surface area contributed by atoms with Crippen LogP contribution in [-0.2, 0) is 4.79 Å². The lowest BCUT2D eigenvalue weighted by Gasteiger charge is -2.03. The van der Waals surface area contributed by atoms with Crippen LogP contribution in [0.2, 0.25) is 0 Å². The third-order valence-corrected chi connectivity index (χ3v) is 2.71. The normalized spacial score (nSPS) is 22.9. The van der Waals surface area contributed by atoms with E-state index in [-0.39, 0.29) is 11.8 Å². The second kappa shape index (κ2) is 3.74. The molecule has 1 N–H and O–H groups in total. The third-order valence-electron chi connectivity index (χ3n) is 2.71. The van der Waals surface area contributed by atoms with Gasteiger partial charge in [-0.15, -0.1) is 0 Å². The number of hydrogen-bond donors (Lipinski definition) is 1. The first-order valence-electron chi connectivity index (χ1n) is 5.01. The molecule has 1 aliphatic rings. The van der Waals surface area contributed by atoms with Gasteiger partial charge in [0.05, 0.1) is 11.6 Å². The van der Waals surface area contributed by atoms with Crippen molar-refractivity contribution >= 4 is 11.6 Å². The summed E-state index contributed by atoms with van der Waals surface area (Å²) in [6.07, 6.45) is 0.976. The minimum Gasteiger partial charge on any atom is -0.326 e. The molecule has 0 saturated heterocycles. The van der Waals surface area contributed by atoms with Crippen molar-refractivity contribution in [1.29, 1.82) is 5.26 Å². The molecule has 0 aliphatic heterocycles. The molecule has 0 aromatic heterocycles. The standard InChI is InChI=1S/C12H12N2O/c1-8-5-11(8)12(15)14-10-4-2-3-9(6-10)7-13/h2-4,6,8,11H,5H2,1H3,(H,14,15). The smallest absolute Gasteiger partial charge is 0.227 e. The lowest BCUT2D eigenvalue weighted by molar-refractivity contribution is -0.117. The van der Waals surface area contributed by atoms with Crippen molar-refractivity contribution < 1.29 is 4.79 Å². The lowest BCUT2D eigenvalue weighted by atomic mass is 10.2. The number of rotatable bonds is 2. The van der Waals surface area contributed by atoms with Crippen LogP contribution in [0.15, 0.2) is 24.3 Å². The Hall–Kier alpha value is -1.82. The Morgan fingerprint density at radius 3 is 2.93 bits per heavy atom. The van der Waals surface area contributed by atoms with Crippen LogP contribution in [0.25, 0.3) is 0 Å². The molecule has 1 saturated carbocycles. The van der Waals surface area contributed by atoms with E-state index in [9.17, 15) is 4.79 Å². The number of nitrogens with zero attached hydrogens (tertiary/aromatic N) is 1. The molecule has 1 amide bonds. The number of amides is 1. The zero-order valence-electron chi connectivity index (χ0n) is 8.53. The van der Waals surface area contributed by atoms with Gasteiger partial charge in [-0.3, -0.25) is 4.79 Å². The molecule has 1 aromatic rings. The Morgan fingerprint density at radius 1 is 1.60 bits per heavy atom. The number of carbonyl (C=O) groups excluding carboxylic acids is 1. The molecular formula is C12H12N2O. The van der Waals surface area contributed by atoms with Gasteiger partial charge in [0, 0.05) is 11.6 Å². The largest absolute Gasteiger partial charge is 0.326 e. The fraction of sp³-hybridized carbons (Fsp3) is 0.333. The van der Waals surface area contributed by atoms with Crippen molar-refractivity contribution in [3.05, 3.63) is 29.8 Å². The zero-order valence-corrected chi connectivity index (χ0v) is 8.53. The van der Waals surface area contributed by atoms with Crippen molar-refractivity contribution in [2.45, 2.75) is 13.3 Å². The first kappa shape index (κ1) is 9.72. The summed E-state index contributed by atoms with van der Waals surface area (Å²) in [4.78, 5) is 11.6. The van der Waals surface area contributed by atoms with E-state index in [1.165, 1.54) is 0 Å². The van der Waals surface area contributed by atoms with Crippen molar-refractivity contribution in [2.75, 3.05) is 5.32 Å². The quantitative estimate of drug-likeness (QED) is 0.795. The maximum atomic E-state index is 11.6. The molecule has 2 atom stereocenters. The van der Waals surface area contributed by atoms with E-state index in [4.69, 9.17) is 5.26 Å². The van der Waals surface area contributed by atoms with Crippen LogP contribution in [0.1, 0.15) is 18.9 Å². The molecule has 0 radical (unpaired) electrons. The van der Waals surface area contributed by atoms with Gasteiger partial charge in [-0.25, -0.2) is 0 Å². The number of nitriles is 1. The first-order chi connectivity index (χ1) is 7.20. The lowest BCUT2D eigenvalue weighted by Crippen LogP contribution is -2.14. The molecule has 2 unspecified atom stereocenters. The molecule has 15 heavy (non-hydrogen) atoms. The summed E-state index contributed by atoms with van der Waals surface area (Å²) in [5, 5.41) is 11.5. The number of benzene rings is 1. The molecule has 2 rings (SSSR count). The van der Waals surface area contributed by atoms with Crippen molar-refractivity contribution in [1.82, 2.24) is 0 Å². The Labute approximate surface area is 88.7 Å². The average Bonchev–Trinajstić information content (AvgIpc) is 2.96. The molecular weight excluding hydrogens is 188 g/mol. The van der Waals surface area contributed by atoms with Crippen LogP contribution in [0.3, 0.4) is 0 Å². The van der Waals surface area contributed by atoms with Crippen molar-refractivity contribution in [3.63, 3.8) is 0 Å². The summed E-state index contributed by atoms with van der Waals surface area (Å²) >= 11 is 0. The fourth-order valence-corrected chi connectivity index (χ4v) is 1.59. The van der Waals surface area contributed by atoms with Gasteiger partial charge < -0.3 is 5.32 Å². The van der Waals surface area contributed by atoms with Gasteiger partial charge in [0.1, 0.15) is 0 Å². The molecule has 1 aromatic carbocycles. The monoisotopic (exact) mass is 200 g/mol. The summed E-state index contributed by atoms with van der Waals surface area (Å²) < 4.78 is 0. The summed E-state index contributed by atoms with van der Waals surface area (Å²) in [5.41, 5.74) is 1.27. The van der Waals surface area contributed by atoms with E-state index in [0.29, 0.717) is 17.2 Å². The molecule has 0 spiro atoms. The minimum absolute atomic E-state index is 0.0672. The summed E-state index contributed by atoms with van der Waals surface area (Å²) in [6.45, 7) is 2.07. The second-order valence-corrected chi connectivity index (χ2v) is 4.00. The van der Waals surface area contributed by atoms with Crippen LogP contribution in [-0.4, -0.2) is 5.91 Å². The number of carbonyl (C=O) groups is 1. The van der Waals surface area contributed by atoms with Crippen LogP contribution < -0.4 is 5.32 Å². The number of anilines is 1. The van der Waals surface area contributed by atoms with Gasteiger partial charge in [0.25, 0.3) is 0 Å². The highest BCUT2D eigenvalue weighted by Gasteiger charge is 2.38. The highest BCUT2D eigenvalue weighted by molar-refractivity contribution is 5.94. The van der Waals surface area contributed by atoms with Crippen LogP contribution in [0, 0.1) is 23.2 Å². The number of hydrogen-bond acceptors (Lipinski definition) is 2. The van der Waals surface area contributed by atoms with Crippen LogP contribution in [0.5, 0.6) is 0 Å². The van der Waals surface area contributed by atoms with Crippen molar-refractivity contribution in [2.24, 2.45) is 11.8 Å². The Balaban J connectivity index is 2.05. The maximum absolute atomic E-state index is 11.6. The molecule has 3 nitrogen and oxygen atoms in total. The van der Waals surface area contributed by atoms with Gasteiger partial charge in [-0.05, 0) is 30.5 Å². The summed E-state index contributed by atoms with van der Waals surface area (Å²) in [7, 11) is 0. The maximum Gasteiger partial charge on any atom is 0.227 e. The molecule has 76 valence electrons. The first-order valence-corrected chi connectivity index (χ1v) is 5.01. The molecule has 0 bridgehead atoms. The zero-order chi connectivity index (χ0) is 10.8. The van der Waals surface area contributed by atoms with E-state index in [2.05, 4.69) is 12.2 Å². The Morgan fingerprint density at radius 2 is 2.33 bits per heavy atom. The number of nitrogens with one attached hydrogen (secondary N) is 1. The third kappa shape index (κ3) is 2.16. The summed E-state index contributed by atoms with van der Waals surface area (Å²) in [5.74, 6) is 0.734. The van der Waals surface area contributed by atoms with E-state index < -0.39 is 0 Å². The van der Waals surface area contributed by atoms with Crippen LogP contribution >= 0.6 is 0 Å². The van der Waals surface area contributed by atoms with E-state index in [1.54, 1.807) is 24.3 Å². The van der Waals surface area contributed by atoms with E-state index in [1.807, 2.05) is 6.07 Å². The van der Waals surface area contributed by atoms with Crippen LogP contribution in [0.4, 0.5) is 5.69 Å². The highest BCUT2D eigenvalue weighted by atomic mass is 16.2. The van der Waals surface area contributed by atoms with Crippen molar-refractivity contribution in [3.8, 4) is 6.07 Å². The topological polar surface area (TPSA) is 52.9 Å². The van der Waals surface area contributed by atoms with Gasteiger partial charge in [0.15, 0.2) is 0 Å². The SMILES string of the molecule is CC1CC1C(=O)Nc1cccc(C#N)c1. The molecule has 0 heterocycles. The Kier molecular flexibility index (Phi) is 2.42. The minimum atomic E-state index is 0.0672. The predicted molar refractivity (Wildman–Crippen MR) is 57.1 cm³/mol. The second-order valence-electron chi connectivity index (χ2n) is 4.00. The fourth-order valence-electron chi connectivity index (χ4n) is 1.59. The highest BCUT2D eigenvalue weighted by Crippen LogP contribution is 2.38. The predicted octanol–water partition coefficient (Wildman–Crippen LogP) is 2.15. The summed E-state index contributed by atoms with van der Waals surface area (Å²) in [6, 6.07) is 9.01. The van der Waals surface area contributed by atoms with Gasteiger partial charge in [-0.1, -0.05) is 13.0 Å². The molecule has 1 aliphatic carbocycles. The van der Waals surface area contributed by atoms with E-state index >= 15 is 0 Å².